The highest BCUT2D eigenvalue weighted by Gasteiger charge is 2.40. The molecule has 26 heavy (non-hydrogen) atoms. The summed E-state index contributed by atoms with van der Waals surface area (Å²) in [7, 11) is 2.27. The van der Waals surface area contributed by atoms with Crippen molar-refractivity contribution in [3.8, 4) is 0 Å². The number of hydrogen-bond acceptors (Lipinski definition) is 2. The lowest BCUT2D eigenvalue weighted by molar-refractivity contribution is 0.133. The summed E-state index contributed by atoms with van der Waals surface area (Å²) in [6.45, 7) is 7.30. The van der Waals surface area contributed by atoms with Gasteiger partial charge in [-0.1, -0.05) is 12.1 Å². The molecule has 2 aromatic rings. The molecule has 140 valence electrons. The Kier molecular flexibility index (Phi) is 5.18. The highest BCUT2D eigenvalue weighted by atomic mass is 127. The van der Waals surface area contributed by atoms with Crippen molar-refractivity contribution in [1.29, 1.82) is 0 Å². The van der Waals surface area contributed by atoms with Crippen molar-refractivity contribution < 1.29 is 0 Å². The topological polar surface area (TPSA) is 34.3 Å². The summed E-state index contributed by atoms with van der Waals surface area (Å²) in [6, 6.07) is 7.74. The standard InChI is InChI=1S/C20H27IN4S/c1-4-25(5-2)20(26)22-12-9-14-13-7-6-8-16-18(13)15(19(21)23-16)10-17(14)24(3)11-12/h6-8,12,14,17,23H,4-5,9-11H2,1-3H3,(H,22,26)/t12-,14+,17+/m0/s1. The van der Waals surface area contributed by atoms with Crippen LogP contribution in [0.25, 0.3) is 10.9 Å². The largest absolute Gasteiger partial charge is 0.359 e. The molecule has 6 heteroatoms. The van der Waals surface area contributed by atoms with E-state index in [9.17, 15) is 0 Å². The lowest BCUT2D eigenvalue weighted by Gasteiger charge is -2.46. The number of thiocarbonyl (C=S) groups is 1. The fraction of sp³-hybridized carbons (Fsp3) is 0.550. The van der Waals surface area contributed by atoms with Crippen molar-refractivity contribution in [2.24, 2.45) is 0 Å². The minimum Gasteiger partial charge on any atom is -0.359 e. The molecule has 2 heterocycles. The molecule has 1 aliphatic heterocycles. The summed E-state index contributed by atoms with van der Waals surface area (Å²) in [5.41, 5.74) is 4.31. The minimum absolute atomic E-state index is 0.407. The van der Waals surface area contributed by atoms with Crippen LogP contribution in [0.5, 0.6) is 0 Å². The zero-order chi connectivity index (χ0) is 18.4. The van der Waals surface area contributed by atoms with Crippen molar-refractivity contribution in [3.63, 3.8) is 0 Å². The van der Waals surface area contributed by atoms with Crippen LogP contribution < -0.4 is 5.32 Å². The van der Waals surface area contributed by atoms with Crippen LogP contribution in [-0.4, -0.2) is 58.7 Å². The second kappa shape index (κ2) is 7.28. The summed E-state index contributed by atoms with van der Waals surface area (Å²) in [6.07, 6.45) is 2.29. The molecule has 0 radical (unpaired) electrons. The van der Waals surface area contributed by atoms with E-state index < -0.39 is 0 Å². The smallest absolute Gasteiger partial charge is 0.169 e. The van der Waals surface area contributed by atoms with Gasteiger partial charge in [0.15, 0.2) is 5.11 Å². The molecule has 0 amide bonds. The van der Waals surface area contributed by atoms with Gasteiger partial charge in [0.1, 0.15) is 0 Å². The van der Waals surface area contributed by atoms with Gasteiger partial charge in [-0.05, 0) is 85.7 Å². The Labute approximate surface area is 174 Å². The van der Waals surface area contributed by atoms with Crippen LogP contribution >= 0.6 is 34.8 Å². The van der Waals surface area contributed by atoms with Gasteiger partial charge in [0.25, 0.3) is 0 Å². The normalized spacial score (nSPS) is 25.2. The number of benzene rings is 1. The molecule has 1 aromatic carbocycles. The molecule has 1 saturated heterocycles. The molecule has 3 atom stereocenters. The van der Waals surface area contributed by atoms with Crippen LogP contribution in [0.1, 0.15) is 37.3 Å². The van der Waals surface area contributed by atoms with E-state index in [1.807, 2.05) is 0 Å². The quantitative estimate of drug-likeness (QED) is 0.517. The monoisotopic (exact) mass is 482 g/mol. The van der Waals surface area contributed by atoms with E-state index in [1.54, 1.807) is 0 Å². The molecule has 2 N–H and O–H groups in total. The zero-order valence-corrected chi connectivity index (χ0v) is 18.7. The third kappa shape index (κ3) is 3.03. The lowest BCUT2D eigenvalue weighted by Crippen LogP contribution is -2.56. The van der Waals surface area contributed by atoms with E-state index in [4.69, 9.17) is 12.2 Å². The molecule has 0 saturated carbocycles. The summed E-state index contributed by atoms with van der Waals surface area (Å²) in [5.74, 6) is 0.563. The SMILES string of the molecule is CCN(CC)C(=S)N[C@H]1C[C@@H]2c3cccc4[nH]c(I)c(c34)C[C@H]2N(C)C1. The number of halogens is 1. The highest BCUT2D eigenvalue weighted by molar-refractivity contribution is 14.1. The van der Waals surface area contributed by atoms with E-state index in [0.717, 1.165) is 37.6 Å². The molecule has 0 spiro atoms. The Hall–Kier alpha value is -0.860. The summed E-state index contributed by atoms with van der Waals surface area (Å²) in [5, 5.41) is 6.02. The molecule has 2 aliphatic rings. The van der Waals surface area contributed by atoms with Crippen LogP contribution in [0.3, 0.4) is 0 Å². The molecule has 1 fully saturated rings. The first-order valence-corrected chi connectivity index (χ1v) is 11.1. The number of aromatic amines is 1. The molecule has 0 unspecified atom stereocenters. The number of likely N-dealkylation sites (tertiary alicyclic amines) is 1. The van der Waals surface area contributed by atoms with Crippen LogP contribution in [0.2, 0.25) is 0 Å². The first-order chi connectivity index (χ1) is 12.5. The van der Waals surface area contributed by atoms with Crippen molar-refractivity contribution in [2.75, 3.05) is 26.7 Å². The van der Waals surface area contributed by atoms with Gasteiger partial charge >= 0.3 is 0 Å². The third-order valence-corrected chi connectivity index (χ3v) is 7.47. The van der Waals surface area contributed by atoms with Gasteiger partial charge in [-0.3, -0.25) is 0 Å². The summed E-state index contributed by atoms with van der Waals surface area (Å²) >= 11 is 8.12. The van der Waals surface area contributed by atoms with E-state index >= 15 is 0 Å². The first kappa shape index (κ1) is 18.5. The van der Waals surface area contributed by atoms with Crippen LogP contribution in [0.4, 0.5) is 0 Å². The Morgan fingerprint density at radius 2 is 2.15 bits per heavy atom. The predicted octanol–water partition coefficient (Wildman–Crippen LogP) is 3.70. The van der Waals surface area contributed by atoms with E-state index in [2.05, 4.69) is 81.8 Å². The molecule has 1 aliphatic carbocycles. The summed E-state index contributed by atoms with van der Waals surface area (Å²) in [4.78, 5) is 8.36. The van der Waals surface area contributed by atoms with E-state index in [0.29, 0.717) is 18.0 Å². The number of aromatic nitrogens is 1. The van der Waals surface area contributed by atoms with Gasteiger partial charge in [0.2, 0.25) is 0 Å². The van der Waals surface area contributed by atoms with Crippen molar-refractivity contribution in [2.45, 2.75) is 44.7 Å². The predicted molar refractivity (Wildman–Crippen MR) is 121 cm³/mol. The molecule has 1 aromatic heterocycles. The molecule has 4 rings (SSSR count). The zero-order valence-electron chi connectivity index (χ0n) is 15.7. The Bertz CT molecular complexity index is 829. The number of likely N-dealkylation sites (N-methyl/N-ethyl adjacent to an activating group) is 1. The minimum atomic E-state index is 0.407. The van der Waals surface area contributed by atoms with Crippen LogP contribution in [0.15, 0.2) is 18.2 Å². The molecule has 0 bridgehead atoms. The molecular weight excluding hydrogens is 455 g/mol. The van der Waals surface area contributed by atoms with Crippen LogP contribution in [0, 0.1) is 3.70 Å². The van der Waals surface area contributed by atoms with Crippen LogP contribution in [-0.2, 0) is 6.42 Å². The number of fused-ring (bicyclic) bond motifs is 2. The van der Waals surface area contributed by atoms with Crippen molar-refractivity contribution >= 4 is 50.8 Å². The lowest BCUT2D eigenvalue weighted by atomic mass is 9.74. The van der Waals surface area contributed by atoms with Gasteiger partial charge in [-0.15, -0.1) is 0 Å². The average molecular weight is 482 g/mol. The van der Waals surface area contributed by atoms with Crippen molar-refractivity contribution in [3.05, 3.63) is 33.0 Å². The number of nitrogens with zero attached hydrogens (tertiary/aromatic N) is 2. The third-order valence-electron chi connectivity index (χ3n) is 6.18. The number of hydrogen-bond donors (Lipinski definition) is 2. The van der Waals surface area contributed by atoms with Gasteiger partial charge in [-0.2, -0.15) is 0 Å². The average Bonchev–Trinajstić information content (AvgIpc) is 2.94. The summed E-state index contributed by atoms with van der Waals surface area (Å²) < 4.78 is 1.31. The Balaban J connectivity index is 1.63. The maximum atomic E-state index is 5.66. The first-order valence-electron chi connectivity index (χ1n) is 9.58. The van der Waals surface area contributed by atoms with Gasteiger partial charge in [0.05, 0.1) is 3.70 Å². The van der Waals surface area contributed by atoms with E-state index in [-0.39, 0.29) is 0 Å². The van der Waals surface area contributed by atoms with Gasteiger partial charge in [-0.25, -0.2) is 0 Å². The fourth-order valence-corrected chi connectivity index (χ4v) is 6.07. The number of rotatable bonds is 3. The highest BCUT2D eigenvalue weighted by Crippen LogP contribution is 2.44. The Morgan fingerprint density at radius 3 is 2.88 bits per heavy atom. The fourth-order valence-electron chi connectivity index (χ4n) is 4.87. The molecular formula is C20H27IN4S. The second-order valence-electron chi connectivity index (χ2n) is 7.56. The molecule has 4 nitrogen and oxygen atoms in total. The van der Waals surface area contributed by atoms with E-state index in [1.165, 1.54) is 25.7 Å². The van der Waals surface area contributed by atoms with Crippen molar-refractivity contribution in [1.82, 2.24) is 20.1 Å². The number of piperidine rings is 1. The van der Waals surface area contributed by atoms with Gasteiger partial charge in [0, 0.05) is 48.5 Å². The Morgan fingerprint density at radius 1 is 1.38 bits per heavy atom. The second-order valence-corrected chi connectivity index (χ2v) is 9.02. The maximum absolute atomic E-state index is 5.66. The number of H-pyrrole nitrogens is 1. The van der Waals surface area contributed by atoms with Gasteiger partial charge < -0.3 is 20.1 Å². The number of nitrogens with one attached hydrogen (secondary N) is 2. The maximum Gasteiger partial charge on any atom is 0.169 e.